The molecule has 2 N–H and O–H groups in total. The Morgan fingerprint density at radius 3 is 1.50 bits per heavy atom. The van der Waals surface area contributed by atoms with Crippen molar-refractivity contribution < 1.29 is 23.8 Å². The molecule has 5 heteroatoms. The topological polar surface area (TPSA) is 57.5 Å². The highest BCUT2D eigenvalue weighted by Gasteiger charge is 2.49. The van der Waals surface area contributed by atoms with Crippen molar-refractivity contribution in [3.05, 3.63) is 0 Å². The quantitative estimate of drug-likeness (QED) is 0.466. The van der Waals surface area contributed by atoms with Crippen LogP contribution in [0.25, 0.3) is 0 Å². The van der Waals surface area contributed by atoms with Crippen LogP contribution in [0.1, 0.15) is 0 Å². The molecule has 4 atom stereocenters. The van der Waals surface area contributed by atoms with Crippen LogP contribution in [-0.4, -0.2) is 40.5 Å². The molecule has 0 aromatic carbocycles. The van der Waals surface area contributed by atoms with Gasteiger partial charge in [-0.2, -0.15) is 0 Å². The molecular weight excluding hydrogens is 146 g/mol. The van der Waals surface area contributed by atoms with Gasteiger partial charge >= 0.3 is 0 Å². The summed E-state index contributed by atoms with van der Waals surface area (Å²) in [5.74, 6) is -1.18. The molecule has 1 saturated carbocycles. The number of hydrogen-bond donors (Lipinski definition) is 2. The lowest BCUT2D eigenvalue weighted by Gasteiger charge is -2.03. The van der Waals surface area contributed by atoms with E-state index in [1.54, 1.807) is 0 Å². The lowest BCUT2D eigenvalue weighted by Crippen LogP contribution is -2.25. The van der Waals surface area contributed by atoms with Gasteiger partial charge in [0.1, 0.15) is 12.2 Å². The van der Waals surface area contributed by atoms with Gasteiger partial charge in [-0.25, -0.2) is 8.78 Å². The zero-order valence-electron chi connectivity index (χ0n) is 4.87. The fourth-order valence-corrected chi connectivity index (χ4v) is 0.837. The second-order valence-corrected chi connectivity index (χ2v) is 2.18. The molecule has 1 aliphatic rings. The van der Waals surface area contributed by atoms with E-state index < -0.39 is 30.3 Å². The van der Waals surface area contributed by atoms with Gasteiger partial charge < -0.3 is 10.2 Å². The number of hydrogen-bond acceptors (Lipinski definition) is 3. The first-order valence-electron chi connectivity index (χ1n) is 2.73. The van der Waals surface area contributed by atoms with E-state index in [2.05, 4.69) is 0 Å². The largest absolute Gasteiger partial charge is 0.382 e. The van der Waals surface area contributed by atoms with Crippen molar-refractivity contribution in [1.82, 2.24) is 0 Å². The van der Waals surface area contributed by atoms with Gasteiger partial charge in [-0.05, 0) is 0 Å². The van der Waals surface area contributed by atoms with E-state index in [0.29, 0.717) is 0 Å². The van der Waals surface area contributed by atoms with Crippen LogP contribution in [0, 0.1) is 0 Å². The van der Waals surface area contributed by atoms with E-state index in [1.807, 2.05) is 0 Å². The van der Waals surface area contributed by atoms with Crippen molar-refractivity contribution in [2.45, 2.75) is 24.6 Å². The highest BCUT2D eigenvalue weighted by Crippen LogP contribution is 2.22. The van der Waals surface area contributed by atoms with Crippen LogP contribution in [0.2, 0.25) is 0 Å². The monoisotopic (exact) mass is 152 g/mol. The van der Waals surface area contributed by atoms with Crippen molar-refractivity contribution >= 4 is 5.78 Å². The Kier molecular flexibility index (Phi) is 1.70. The molecule has 0 radical (unpaired) electrons. The van der Waals surface area contributed by atoms with Crippen molar-refractivity contribution in [2.75, 3.05) is 0 Å². The second-order valence-electron chi connectivity index (χ2n) is 2.18. The number of Topliss-reactive ketones (excluding diaryl/α,β-unsaturated/α-hetero) is 1. The first-order chi connectivity index (χ1) is 4.55. The summed E-state index contributed by atoms with van der Waals surface area (Å²) in [7, 11) is 0. The van der Waals surface area contributed by atoms with Crippen molar-refractivity contribution in [2.24, 2.45) is 0 Å². The standard InChI is InChI=1S/C5H6F2O3/c6-1-2(7)4(9)5(10)3(1)8/h1-4,8-9H/t1-,2+,3?,4?. The average Bonchev–Trinajstić information content (AvgIpc) is 2.07. The fraction of sp³-hybridized carbons (Fsp3) is 0.800. The Bertz CT molecular complexity index is 145. The van der Waals surface area contributed by atoms with Gasteiger partial charge in [0.25, 0.3) is 0 Å². The number of aliphatic hydroxyl groups excluding tert-OH is 2. The maximum absolute atomic E-state index is 12.2. The SMILES string of the molecule is O=C1C(O)[C@@H](F)[C@@H](F)C1O. The fourth-order valence-electron chi connectivity index (χ4n) is 0.837. The van der Waals surface area contributed by atoms with Gasteiger partial charge in [-0.3, -0.25) is 4.79 Å². The lowest BCUT2D eigenvalue weighted by molar-refractivity contribution is -0.132. The van der Waals surface area contributed by atoms with Crippen LogP contribution in [0.4, 0.5) is 8.78 Å². The number of carbonyl (C=O) groups is 1. The van der Waals surface area contributed by atoms with Gasteiger partial charge in [0.2, 0.25) is 0 Å². The Hall–Kier alpha value is -0.550. The molecule has 0 bridgehead atoms. The molecule has 3 nitrogen and oxygen atoms in total. The van der Waals surface area contributed by atoms with Crippen LogP contribution in [0.3, 0.4) is 0 Å². The van der Waals surface area contributed by atoms with Crippen LogP contribution in [-0.2, 0) is 4.79 Å². The zero-order chi connectivity index (χ0) is 7.89. The Labute approximate surface area is 55.3 Å². The molecule has 1 aliphatic carbocycles. The molecule has 0 heterocycles. The van der Waals surface area contributed by atoms with Crippen molar-refractivity contribution in [1.29, 1.82) is 0 Å². The van der Waals surface area contributed by atoms with E-state index in [1.165, 1.54) is 0 Å². The van der Waals surface area contributed by atoms with Crippen LogP contribution >= 0.6 is 0 Å². The number of aliphatic hydroxyl groups is 2. The summed E-state index contributed by atoms with van der Waals surface area (Å²) in [4.78, 5) is 10.3. The molecule has 0 aliphatic heterocycles. The summed E-state index contributed by atoms with van der Waals surface area (Å²) in [6.07, 6.45) is -8.54. The summed E-state index contributed by atoms with van der Waals surface area (Å²) in [6.45, 7) is 0. The average molecular weight is 152 g/mol. The van der Waals surface area contributed by atoms with Crippen LogP contribution < -0.4 is 0 Å². The third kappa shape index (κ3) is 0.819. The number of halogens is 2. The number of ketones is 1. The van der Waals surface area contributed by atoms with E-state index in [9.17, 15) is 13.6 Å². The normalized spacial score (nSPS) is 48.2. The molecule has 2 unspecified atom stereocenters. The van der Waals surface area contributed by atoms with E-state index in [4.69, 9.17) is 10.2 Å². The Balaban J connectivity index is 2.78. The molecule has 0 spiro atoms. The van der Waals surface area contributed by atoms with Crippen molar-refractivity contribution in [3.8, 4) is 0 Å². The molecular formula is C5H6F2O3. The molecule has 0 aromatic rings. The maximum Gasteiger partial charge on any atom is 0.195 e. The minimum absolute atomic E-state index is 1.18. The number of carbonyl (C=O) groups excluding carboxylic acids is 1. The highest BCUT2D eigenvalue weighted by atomic mass is 19.2. The van der Waals surface area contributed by atoms with Crippen LogP contribution in [0.15, 0.2) is 0 Å². The van der Waals surface area contributed by atoms with Gasteiger partial charge in [0, 0.05) is 0 Å². The molecule has 0 aromatic heterocycles. The lowest BCUT2D eigenvalue weighted by atomic mass is 10.3. The molecule has 1 fully saturated rings. The first-order valence-corrected chi connectivity index (χ1v) is 2.73. The summed E-state index contributed by atoms with van der Waals surface area (Å²) in [5.41, 5.74) is 0. The summed E-state index contributed by atoms with van der Waals surface area (Å²) < 4.78 is 24.4. The smallest absolute Gasteiger partial charge is 0.195 e. The Morgan fingerprint density at radius 2 is 1.40 bits per heavy atom. The van der Waals surface area contributed by atoms with Gasteiger partial charge in [0.05, 0.1) is 0 Å². The third-order valence-electron chi connectivity index (χ3n) is 1.49. The van der Waals surface area contributed by atoms with Crippen LogP contribution in [0.5, 0.6) is 0 Å². The molecule has 1 rings (SSSR count). The summed E-state index contributed by atoms with van der Waals surface area (Å²) >= 11 is 0. The second kappa shape index (κ2) is 2.25. The Morgan fingerprint density at radius 1 is 1.10 bits per heavy atom. The number of rotatable bonds is 0. The summed E-state index contributed by atoms with van der Waals surface area (Å²) in [5, 5.41) is 17.0. The first kappa shape index (κ1) is 7.56. The van der Waals surface area contributed by atoms with E-state index in [0.717, 1.165) is 0 Å². The molecule has 58 valence electrons. The molecule has 10 heavy (non-hydrogen) atoms. The third-order valence-corrected chi connectivity index (χ3v) is 1.49. The molecule has 0 amide bonds. The summed E-state index contributed by atoms with van der Waals surface area (Å²) in [6, 6.07) is 0. The predicted octanol–water partition coefficient (Wildman–Crippen LogP) is -1.03. The minimum Gasteiger partial charge on any atom is -0.382 e. The van der Waals surface area contributed by atoms with Crippen molar-refractivity contribution in [3.63, 3.8) is 0 Å². The van der Waals surface area contributed by atoms with Gasteiger partial charge in [-0.15, -0.1) is 0 Å². The van der Waals surface area contributed by atoms with Gasteiger partial charge in [-0.1, -0.05) is 0 Å². The van der Waals surface area contributed by atoms with Gasteiger partial charge in [0.15, 0.2) is 18.1 Å². The number of alkyl halides is 2. The predicted molar refractivity (Wildman–Crippen MR) is 26.8 cm³/mol. The van der Waals surface area contributed by atoms with E-state index in [-0.39, 0.29) is 0 Å². The highest BCUT2D eigenvalue weighted by molar-refractivity contribution is 5.90. The zero-order valence-corrected chi connectivity index (χ0v) is 4.87. The molecule has 0 saturated heterocycles. The minimum atomic E-state index is -2.28. The van der Waals surface area contributed by atoms with E-state index >= 15 is 0 Å². The maximum atomic E-state index is 12.2.